The van der Waals surface area contributed by atoms with E-state index in [9.17, 15) is 4.79 Å². The third-order valence-electron chi connectivity index (χ3n) is 2.37. The van der Waals surface area contributed by atoms with E-state index in [1.54, 1.807) is 18.2 Å². The van der Waals surface area contributed by atoms with Crippen molar-refractivity contribution >= 4 is 17.4 Å². The second-order valence-electron chi connectivity index (χ2n) is 3.45. The number of halogens is 1. The molecule has 84 valence electrons. The van der Waals surface area contributed by atoms with Crippen LogP contribution >= 0.6 is 11.6 Å². The van der Waals surface area contributed by atoms with Gasteiger partial charge in [0, 0.05) is 17.0 Å². The zero-order chi connectivity index (χ0) is 11.5. The number of fused-ring (bicyclic) bond motifs is 1. The first-order valence-corrected chi connectivity index (χ1v) is 5.29. The van der Waals surface area contributed by atoms with Gasteiger partial charge in [-0.05, 0) is 18.2 Å². The minimum Gasteiger partial charge on any atom is -0.504 e. The number of ether oxygens (including phenoxy) is 2. The number of ketones is 1. The van der Waals surface area contributed by atoms with E-state index in [-0.39, 0.29) is 5.78 Å². The third kappa shape index (κ3) is 2.04. The van der Waals surface area contributed by atoms with E-state index in [4.69, 9.17) is 21.1 Å². The summed E-state index contributed by atoms with van der Waals surface area (Å²) < 4.78 is 10.4. The third-order valence-corrected chi connectivity index (χ3v) is 2.60. The molecule has 0 spiro atoms. The molecule has 3 nitrogen and oxygen atoms in total. The zero-order valence-electron chi connectivity index (χ0n) is 8.83. The minimum atomic E-state index is -0.0862. The first kappa shape index (κ1) is 11.0. The van der Waals surface area contributed by atoms with Crippen molar-refractivity contribution in [3.05, 3.63) is 40.6 Å². The summed E-state index contributed by atoms with van der Waals surface area (Å²) in [5.74, 6) is 0.491. The molecule has 1 aromatic rings. The highest BCUT2D eigenvalue weighted by Crippen LogP contribution is 2.29. The van der Waals surface area contributed by atoms with Gasteiger partial charge in [-0.15, -0.1) is 0 Å². The maximum Gasteiger partial charge on any atom is 0.195 e. The van der Waals surface area contributed by atoms with Gasteiger partial charge in [0.1, 0.15) is 5.75 Å². The maximum atomic E-state index is 12.1. The van der Waals surface area contributed by atoms with E-state index in [2.05, 4.69) is 0 Å². The Morgan fingerprint density at radius 2 is 2.31 bits per heavy atom. The Labute approximate surface area is 98.6 Å². The fourth-order valence-electron chi connectivity index (χ4n) is 1.62. The predicted molar refractivity (Wildman–Crippen MR) is 61.0 cm³/mol. The van der Waals surface area contributed by atoms with Crippen LogP contribution in [0.2, 0.25) is 5.02 Å². The Morgan fingerprint density at radius 1 is 1.50 bits per heavy atom. The maximum absolute atomic E-state index is 12.1. The van der Waals surface area contributed by atoms with Gasteiger partial charge in [0.05, 0.1) is 25.5 Å². The normalized spacial score (nSPS) is 17.6. The average molecular weight is 239 g/mol. The summed E-state index contributed by atoms with van der Waals surface area (Å²) >= 11 is 5.86. The van der Waals surface area contributed by atoms with Crippen LogP contribution in [0.4, 0.5) is 0 Å². The molecule has 1 heterocycles. The fourth-order valence-corrected chi connectivity index (χ4v) is 1.79. The van der Waals surface area contributed by atoms with E-state index in [0.29, 0.717) is 34.9 Å². The Hall–Kier alpha value is -1.48. The van der Waals surface area contributed by atoms with Crippen molar-refractivity contribution in [2.75, 3.05) is 13.7 Å². The van der Waals surface area contributed by atoms with Crippen molar-refractivity contribution in [3.8, 4) is 5.75 Å². The van der Waals surface area contributed by atoms with Crippen molar-refractivity contribution < 1.29 is 14.3 Å². The molecule has 0 fully saturated rings. The Kier molecular flexibility index (Phi) is 3.15. The van der Waals surface area contributed by atoms with Crippen LogP contribution in [-0.2, 0) is 4.74 Å². The van der Waals surface area contributed by atoms with Crippen LogP contribution in [0.1, 0.15) is 16.8 Å². The van der Waals surface area contributed by atoms with Crippen molar-refractivity contribution in [2.24, 2.45) is 0 Å². The predicted octanol–water partition coefficient (Wildman–Crippen LogP) is 2.84. The Balaban J connectivity index is 2.47. The number of methoxy groups -OCH3 is 1. The number of benzene rings is 1. The van der Waals surface area contributed by atoms with Gasteiger partial charge in [0.25, 0.3) is 0 Å². The summed E-state index contributed by atoms with van der Waals surface area (Å²) in [6.45, 7) is 0.468. The fraction of sp³-hybridized carbons (Fsp3) is 0.250. The Morgan fingerprint density at radius 3 is 3.06 bits per heavy atom. The van der Waals surface area contributed by atoms with Gasteiger partial charge < -0.3 is 9.47 Å². The first-order chi connectivity index (χ1) is 7.72. The molecule has 0 aliphatic carbocycles. The van der Waals surface area contributed by atoms with Gasteiger partial charge in [-0.3, -0.25) is 4.79 Å². The number of carbonyl (C=O) groups excluding carboxylic acids is 1. The van der Waals surface area contributed by atoms with E-state index in [1.165, 1.54) is 13.4 Å². The molecule has 1 aliphatic heterocycles. The average Bonchev–Trinajstić information content (AvgIpc) is 2.42. The van der Waals surface area contributed by atoms with Crippen molar-refractivity contribution in [1.82, 2.24) is 0 Å². The summed E-state index contributed by atoms with van der Waals surface area (Å²) in [6, 6.07) is 5.04. The lowest BCUT2D eigenvalue weighted by Gasteiger charge is -2.05. The summed E-state index contributed by atoms with van der Waals surface area (Å²) in [7, 11) is 1.52. The standard InChI is InChI=1S/C12H11ClO3/c1-15-7-8-4-5-16-11-3-2-9(13)6-10(11)12(8)14/h2-3,6-7H,4-5H2,1H3/b8-7-. The molecule has 0 saturated carbocycles. The van der Waals surface area contributed by atoms with E-state index >= 15 is 0 Å². The molecule has 0 atom stereocenters. The lowest BCUT2D eigenvalue weighted by molar-refractivity contribution is 0.102. The smallest absolute Gasteiger partial charge is 0.195 e. The zero-order valence-corrected chi connectivity index (χ0v) is 9.58. The molecule has 16 heavy (non-hydrogen) atoms. The molecule has 4 heteroatoms. The van der Waals surface area contributed by atoms with E-state index in [1.807, 2.05) is 0 Å². The molecule has 0 unspecified atom stereocenters. The summed E-state index contributed by atoms with van der Waals surface area (Å²) in [5, 5.41) is 0.523. The largest absolute Gasteiger partial charge is 0.504 e. The summed E-state index contributed by atoms with van der Waals surface area (Å²) in [6.07, 6.45) is 2.00. The SMILES string of the molecule is CO/C=C1/CCOc2ccc(Cl)cc2C1=O. The molecule has 0 bridgehead atoms. The molecule has 1 aromatic carbocycles. The van der Waals surface area contributed by atoms with E-state index < -0.39 is 0 Å². The second-order valence-corrected chi connectivity index (χ2v) is 3.88. The lowest BCUT2D eigenvalue weighted by atomic mass is 10.0. The highest BCUT2D eigenvalue weighted by atomic mass is 35.5. The Bertz CT molecular complexity index is 452. The molecule has 0 N–H and O–H groups in total. The number of carbonyl (C=O) groups is 1. The molecule has 1 aliphatic rings. The highest BCUT2D eigenvalue weighted by Gasteiger charge is 2.21. The number of Topliss-reactive ketones (excluding diaryl/α,β-unsaturated/α-hetero) is 1. The molecular weight excluding hydrogens is 228 g/mol. The van der Waals surface area contributed by atoms with Crippen LogP contribution in [0.3, 0.4) is 0 Å². The monoisotopic (exact) mass is 238 g/mol. The second kappa shape index (κ2) is 4.58. The summed E-state index contributed by atoms with van der Waals surface area (Å²) in [5.41, 5.74) is 1.09. The molecule has 0 aromatic heterocycles. The van der Waals surface area contributed by atoms with Crippen molar-refractivity contribution in [3.63, 3.8) is 0 Å². The molecule has 0 radical (unpaired) electrons. The van der Waals surface area contributed by atoms with Gasteiger partial charge in [-0.25, -0.2) is 0 Å². The van der Waals surface area contributed by atoms with Gasteiger partial charge in [-0.2, -0.15) is 0 Å². The number of hydrogen-bond acceptors (Lipinski definition) is 3. The minimum absolute atomic E-state index is 0.0862. The summed E-state index contributed by atoms with van der Waals surface area (Å²) in [4.78, 5) is 12.1. The van der Waals surface area contributed by atoms with Crippen LogP contribution in [0.15, 0.2) is 30.0 Å². The van der Waals surface area contributed by atoms with E-state index in [0.717, 1.165) is 0 Å². The number of rotatable bonds is 1. The van der Waals surface area contributed by atoms with Crippen molar-refractivity contribution in [1.29, 1.82) is 0 Å². The van der Waals surface area contributed by atoms with Gasteiger partial charge in [-0.1, -0.05) is 11.6 Å². The quantitative estimate of drug-likeness (QED) is 0.558. The number of hydrogen-bond donors (Lipinski definition) is 0. The topological polar surface area (TPSA) is 35.5 Å². The molecule has 0 saturated heterocycles. The lowest BCUT2D eigenvalue weighted by Crippen LogP contribution is -2.02. The first-order valence-electron chi connectivity index (χ1n) is 4.91. The van der Waals surface area contributed by atoms with Crippen molar-refractivity contribution in [2.45, 2.75) is 6.42 Å². The van der Waals surface area contributed by atoms with Gasteiger partial charge >= 0.3 is 0 Å². The molecule has 0 amide bonds. The van der Waals surface area contributed by atoms with Crippen LogP contribution in [0.25, 0.3) is 0 Å². The van der Waals surface area contributed by atoms with Crippen LogP contribution in [0.5, 0.6) is 5.75 Å². The van der Waals surface area contributed by atoms with Crippen LogP contribution < -0.4 is 4.74 Å². The van der Waals surface area contributed by atoms with Crippen LogP contribution in [0, 0.1) is 0 Å². The van der Waals surface area contributed by atoms with Gasteiger partial charge in [0.15, 0.2) is 5.78 Å². The van der Waals surface area contributed by atoms with Gasteiger partial charge in [0.2, 0.25) is 0 Å². The molecular formula is C12H11ClO3. The molecule has 2 rings (SSSR count). The highest BCUT2D eigenvalue weighted by molar-refractivity contribution is 6.31. The van der Waals surface area contributed by atoms with Crippen LogP contribution in [-0.4, -0.2) is 19.5 Å².